The van der Waals surface area contributed by atoms with Crippen molar-refractivity contribution in [1.29, 1.82) is 0 Å². The maximum atomic E-state index is 11.8. The molecule has 0 bridgehead atoms. The summed E-state index contributed by atoms with van der Waals surface area (Å²) in [6, 6.07) is 15.6. The maximum absolute atomic E-state index is 11.8. The number of ether oxygens (including phenoxy) is 4. The van der Waals surface area contributed by atoms with Crippen molar-refractivity contribution in [2.45, 2.75) is 53.1 Å². The van der Waals surface area contributed by atoms with Crippen molar-refractivity contribution >= 4 is 5.97 Å². The normalized spacial score (nSPS) is 24.1. The van der Waals surface area contributed by atoms with Crippen molar-refractivity contribution in [2.75, 3.05) is 6.61 Å². The summed E-state index contributed by atoms with van der Waals surface area (Å²) in [4.78, 5) is 11.8. The fourth-order valence-corrected chi connectivity index (χ4v) is 3.27. The number of rotatable bonds is 7. The van der Waals surface area contributed by atoms with E-state index in [4.69, 9.17) is 18.9 Å². The van der Waals surface area contributed by atoms with Crippen LogP contribution >= 0.6 is 0 Å². The average Bonchev–Trinajstić information content (AvgIpc) is 2.73. The second-order valence-electron chi connectivity index (χ2n) is 7.70. The quantitative estimate of drug-likeness (QED) is 0.490. The van der Waals surface area contributed by atoms with Crippen LogP contribution in [0.4, 0.5) is 0 Å². The first-order valence-corrected chi connectivity index (χ1v) is 10.2. The molecule has 0 amide bonds. The van der Waals surface area contributed by atoms with E-state index >= 15 is 0 Å². The Kier molecular flexibility index (Phi) is 7.29. The molecule has 0 spiro atoms. The highest BCUT2D eigenvalue weighted by molar-refractivity contribution is 5.72. The molecule has 1 aliphatic rings. The van der Waals surface area contributed by atoms with Crippen LogP contribution in [-0.2, 0) is 20.9 Å². The molecule has 0 radical (unpaired) electrons. The van der Waals surface area contributed by atoms with Crippen LogP contribution in [-0.4, -0.2) is 25.0 Å². The second kappa shape index (κ2) is 9.90. The molecular formula is C24H30O5. The standard InChI is InChI=1S/C24H30O5/c1-5-22(25)28-20-12-11-16(2)13-21(20)29-24-23(18(4)17(3)14-27-24)26-15-19-9-7-6-8-10-19/h6-13,17-18,23-24H,5,14-15H2,1-4H3/t17-,18+,23-,24+/m1/s1. The van der Waals surface area contributed by atoms with Gasteiger partial charge in [-0.2, -0.15) is 0 Å². The van der Waals surface area contributed by atoms with Gasteiger partial charge in [0.25, 0.3) is 0 Å². The monoisotopic (exact) mass is 398 g/mol. The third kappa shape index (κ3) is 5.58. The molecule has 1 saturated heterocycles. The molecule has 1 fully saturated rings. The maximum Gasteiger partial charge on any atom is 0.311 e. The zero-order valence-electron chi connectivity index (χ0n) is 17.6. The molecular weight excluding hydrogens is 368 g/mol. The van der Waals surface area contributed by atoms with Gasteiger partial charge in [-0.15, -0.1) is 0 Å². The zero-order chi connectivity index (χ0) is 20.8. The minimum atomic E-state index is -0.578. The predicted molar refractivity (Wildman–Crippen MR) is 111 cm³/mol. The van der Waals surface area contributed by atoms with E-state index in [2.05, 4.69) is 13.8 Å². The number of esters is 1. The van der Waals surface area contributed by atoms with Crippen LogP contribution in [0.5, 0.6) is 11.5 Å². The van der Waals surface area contributed by atoms with Crippen LogP contribution in [0.15, 0.2) is 48.5 Å². The van der Waals surface area contributed by atoms with E-state index < -0.39 is 6.29 Å². The predicted octanol–water partition coefficient (Wildman–Crippen LogP) is 4.90. The Bertz CT molecular complexity index is 804. The summed E-state index contributed by atoms with van der Waals surface area (Å²) in [6.07, 6.45) is -0.523. The van der Waals surface area contributed by atoms with Gasteiger partial charge in [-0.1, -0.05) is 57.2 Å². The summed E-state index contributed by atoms with van der Waals surface area (Å²) >= 11 is 0. The molecule has 5 heteroatoms. The highest BCUT2D eigenvalue weighted by Gasteiger charge is 2.38. The van der Waals surface area contributed by atoms with Gasteiger partial charge in [-0.3, -0.25) is 4.79 Å². The molecule has 156 valence electrons. The SMILES string of the molecule is CCC(=O)Oc1ccc(C)cc1O[C@@H]1OC[C@@H](C)[C@H](C)[C@H]1OCc1ccccc1. The van der Waals surface area contributed by atoms with Crippen LogP contribution < -0.4 is 9.47 Å². The van der Waals surface area contributed by atoms with Crippen molar-refractivity contribution in [3.8, 4) is 11.5 Å². The molecule has 5 nitrogen and oxygen atoms in total. The van der Waals surface area contributed by atoms with E-state index in [0.29, 0.717) is 37.1 Å². The van der Waals surface area contributed by atoms with Crippen LogP contribution in [0.2, 0.25) is 0 Å². The summed E-state index contributed by atoms with van der Waals surface area (Å²) < 4.78 is 23.9. The van der Waals surface area contributed by atoms with E-state index in [0.717, 1.165) is 11.1 Å². The first-order chi connectivity index (χ1) is 14.0. The van der Waals surface area contributed by atoms with Gasteiger partial charge in [0, 0.05) is 6.42 Å². The Morgan fingerprint density at radius 3 is 2.59 bits per heavy atom. The van der Waals surface area contributed by atoms with Gasteiger partial charge in [0.15, 0.2) is 11.5 Å². The molecule has 1 aliphatic heterocycles. The third-order valence-corrected chi connectivity index (χ3v) is 5.35. The number of carbonyl (C=O) groups excluding carboxylic acids is 1. The van der Waals surface area contributed by atoms with Gasteiger partial charge in [0.05, 0.1) is 13.2 Å². The number of benzene rings is 2. The van der Waals surface area contributed by atoms with Gasteiger partial charge < -0.3 is 18.9 Å². The fourth-order valence-electron chi connectivity index (χ4n) is 3.27. The highest BCUT2D eigenvalue weighted by atomic mass is 16.7. The van der Waals surface area contributed by atoms with Gasteiger partial charge >= 0.3 is 5.97 Å². The molecule has 0 aromatic heterocycles. The lowest BCUT2D eigenvalue weighted by atomic mass is 9.88. The molecule has 0 unspecified atom stereocenters. The van der Waals surface area contributed by atoms with Gasteiger partial charge in [0.1, 0.15) is 6.10 Å². The van der Waals surface area contributed by atoms with E-state index in [-0.39, 0.29) is 18.0 Å². The topological polar surface area (TPSA) is 54.0 Å². The van der Waals surface area contributed by atoms with Crippen LogP contribution in [0, 0.1) is 18.8 Å². The number of carbonyl (C=O) groups is 1. The van der Waals surface area contributed by atoms with Gasteiger partial charge in [0.2, 0.25) is 6.29 Å². The van der Waals surface area contributed by atoms with Crippen molar-refractivity contribution in [1.82, 2.24) is 0 Å². The van der Waals surface area contributed by atoms with Crippen molar-refractivity contribution in [3.05, 3.63) is 59.7 Å². The third-order valence-electron chi connectivity index (χ3n) is 5.35. The lowest BCUT2D eigenvalue weighted by Crippen LogP contribution is -2.48. The van der Waals surface area contributed by atoms with Crippen molar-refractivity contribution < 1.29 is 23.7 Å². The van der Waals surface area contributed by atoms with Gasteiger partial charge in [-0.05, 0) is 42.0 Å². The smallest absolute Gasteiger partial charge is 0.311 e. The van der Waals surface area contributed by atoms with Crippen molar-refractivity contribution in [2.24, 2.45) is 11.8 Å². The van der Waals surface area contributed by atoms with E-state index in [1.807, 2.05) is 49.4 Å². The summed E-state index contributed by atoms with van der Waals surface area (Å²) in [5.41, 5.74) is 2.11. The molecule has 4 atom stereocenters. The summed E-state index contributed by atoms with van der Waals surface area (Å²) in [5, 5.41) is 0. The van der Waals surface area contributed by atoms with Crippen molar-refractivity contribution in [3.63, 3.8) is 0 Å². The minimum Gasteiger partial charge on any atom is -0.458 e. The molecule has 2 aromatic rings. The van der Waals surface area contributed by atoms with E-state index in [1.54, 1.807) is 13.0 Å². The van der Waals surface area contributed by atoms with Gasteiger partial charge in [-0.25, -0.2) is 0 Å². The molecule has 0 saturated carbocycles. The Balaban J connectivity index is 1.78. The van der Waals surface area contributed by atoms with Crippen LogP contribution in [0.1, 0.15) is 38.3 Å². The van der Waals surface area contributed by atoms with E-state index in [1.165, 1.54) is 0 Å². The number of aryl methyl sites for hydroxylation is 1. The highest BCUT2D eigenvalue weighted by Crippen LogP contribution is 2.35. The largest absolute Gasteiger partial charge is 0.458 e. The Labute approximate surface area is 172 Å². The number of hydrogen-bond acceptors (Lipinski definition) is 5. The molecule has 0 N–H and O–H groups in total. The molecule has 3 rings (SSSR count). The lowest BCUT2D eigenvalue weighted by molar-refractivity contribution is -0.225. The molecule has 2 aromatic carbocycles. The Hall–Kier alpha value is -2.37. The minimum absolute atomic E-state index is 0.241. The summed E-state index contributed by atoms with van der Waals surface area (Å²) in [5.74, 6) is 1.20. The zero-order valence-corrected chi connectivity index (χ0v) is 17.6. The lowest BCUT2D eigenvalue weighted by Gasteiger charge is -2.39. The molecule has 1 heterocycles. The average molecular weight is 398 g/mol. The first kappa shape index (κ1) is 21.3. The second-order valence-corrected chi connectivity index (χ2v) is 7.70. The first-order valence-electron chi connectivity index (χ1n) is 10.2. The Morgan fingerprint density at radius 2 is 1.86 bits per heavy atom. The van der Waals surface area contributed by atoms with Crippen LogP contribution in [0.25, 0.3) is 0 Å². The van der Waals surface area contributed by atoms with E-state index in [9.17, 15) is 4.79 Å². The Morgan fingerprint density at radius 1 is 1.10 bits per heavy atom. The molecule has 29 heavy (non-hydrogen) atoms. The number of hydrogen-bond donors (Lipinski definition) is 0. The summed E-state index contributed by atoms with van der Waals surface area (Å²) in [7, 11) is 0. The summed E-state index contributed by atoms with van der Waals surface area (Å²) in [6.45, 7) is 9.12. The van der Waals surface area contributed by atoms with Crippen LogP contribution in [0.3, 0.4) is 0 Å². The fraction of sp³-hybridized carbons (Fsp3) is 0.458. The molecule has 0 aliphatic carbocycles.